The lowest BCUT2D eigenvalue weighted by Gasteiger charge is -2.26. The molecule has 2 fully saturated rings. The van der Waals surface area contributed by atoms with Crippen LogP contribution in [0.5, 0.6) is 0 Å². The van der Waals surface area contributed by atoms with E-state index in [2.05, 4.69) is 20.1 Å². The van der Waals surface area contributed by atoms with Crippen molar-refractivity contribution in [2.75, 3.05) is 37.4 Å². The van der Waals surface area contributed by atoms with E-state index in [0.717, 1.165) is 31.2 Å². The van der Waals surface area contributed by atoms with Gasteiger partial charge in [-0.25, -0.2) is 8.42 Å². The van der Waals surface area contributed by atoms with Gasteiger partial charge in [0.2, 0.25) is 15.9 Å². The van der Waals surface area contributed by atoms with Crippen molar-refractivity contribution in [3.8, 4) is 11.4 Å². The molecule has 1 saturated carbocycles. The van der Waals surface area contributed by atoms with Crippen LogP contribution in [0.4, 0.5) is 5.69 Å². The summed E-state index contributed by atoms with van der Waals surface area (Å²) < 4.78 is 35.4. The molecular weight excluding hydrogens is 546 g/mol. The van der Waals surface area contributed by atoms with Crippen molar-refractivity contribution in [1.82, 2.24) is 19.1 Å². The summed E-state index contributed by atoms with van der Waals surface area (Å²) in [4.78, 5) is 13.0. The molecule has 2 aromatic carbocycles. The van der Waals surface area contributed by atoms with Gasteiger partial charge in [0.15, 0.2) is 11.0 Å². The minimum atomic E-state index is -3.65. The largest absolute Gasteiger partial charge is 0.379 e. The van der Waals surface area contributed by atoms with Gasteiger partial charge in [-0.1, -0.05) is 54.4 Å². The first kappa shape index (κ1) is 27.1. The fourth-order valence-electron chi connectivity index (χ4n) is 4.85. The van der Waals surface area contributed by atoms with E-state index in [9.17, 15) is 13.2 Å². The van der Waals surface area contributed by atoms with Crippen LogP contribution in [0.2, 0.25) is 5.02 Å². The van der Waals surface area contributed by atoms with Crippen molar-refractivity contribution < 1.29 is 17.9 Å². The molecule has 2 heterocycles. The molecule has 0 spiro atoms. The normalized spacial score (nSPS) is 17.1. The molecule has 1 amide bonds. The third-order valence-corrected chi connectivity index (χ3v) is 10.2. The van der Waals surface area contributed by atoms with Crippen molar-refractivity contribution in [2.24, 2.45) is 0 Å². The highest BCUT2D eigenvalue weighted by molar-refractivity contribution is 7.99. The van der Waals surface area contributed by atoms with Crippen LogP contribution in [0.1, 0.15) is 37.3 Å². The number of sulfonamides is 1. The van der Waals surface area contributed by atoms with Crippen molar-refractivity contribution in [2.45, 2.75) is 48.7 Å². The van der Waals surface area contributed by atoms with E-state index < -0.39 is 10.0 Å². The van der Waals surface area contributed by atoms with Gasteiger partial charge in [0.05, 0.1) is 23.9 Å². The predicted octanol–water partition coefficient (Wildman–Crippen LogP) is 4.77. The van der Waals surface area contributed by atoms with Crippen molar-refractivity contribution in [3.05, 3.63) is 53.1 Å². The summed E-state index contributed by atoms with van der Waals surface area (Å²) in [6.45, 7) is 3.31. The number of halogens is 1. The third kappa shape index (κ3) is 5.76. The summed E-state index contributed by atoms with van der Waals surface area (Å²) >= 11 is 7.51. The molecule has 0 atom stereocenters. The Hall–Kier alpha value is -2.44. The highest BCUT2D eigenvalue weighted by atomic mass is 35.5. The SMILES string of the molecule is Cc1c(Cl)cccc1NC(=O)CSc1nnc(-c2cccc(S(=O)(=O)N3CCOCC3)c2)n1C1CCCC1. The lowest BCUT2D eigenvalue weighted by molar-refractivity contribution is -0.113. The van der Waals surface area contributed by atoms with Gasteiger partial charge in [-0.2, -0.15) is 4.31 Å². The Bertz CT molecular complexity index is 1420. The maximum Gasteiger partial charge on any atom is 0.243 e. The molecule has 1 aliphatic carbocycles. The van der Waals surface area contributed by atoms with E-state index in [-0.39, 0.29) is 22.6 Å². The first-order chi connectivity index (χ1) is 18.3. The number of aromatic nitrogens is 3. The maximum absolute atomic E-state index is 13.3. The Morgan fingerprint density at radius 1 is 1.13 bits per heavy atom. The molecule has 2 aliphatic rings. The van der Waals surface area contributed by atoms with Gasteiger partial charge in [0, 0.05) is 35.4 Å². The van der Waals surface area contributed by atoms with E-state index in [0.29, 0.717) is 53.6 Å². The van der Waals surface area contributed by atoms with Crippen LogP contribution in [0.25, 0.3) is 11.4 Å². The second kappa shape index (κ2) is 11.7. The Morgan fingerprint density at radius 2 is 1.87 bits per heavy atom. The first-order valence-electron chi connectivity index (χ1n) is 12.7. The number of thioether (sulfide) groups is 1. The summed E-state index contributed by atoms with van der Waals surface area (Å²) in [5.74, 6) is 0.605. The lowest BCUT2D eigenvalue weighted by Crippen LogP contribution is -2.40. The molecule has 1 aromatic heterocycles. The summed E-state index contributed by atoms with van der Waals surface area (Å²) in [5.41, 5.74) is 2.18. The quantitative estimate of drug-likeness (QED) is 0.385. The fourth-order valence-corrected chi connectivity index (χ4v) is 7.29. The van der Waals surface area contributed by atoms with Crippen LogP contribution in [0.15, 0.2) is 52.5 Å². The van der Waals surface area contributed by atoms with Gasteiger partial charge in [-0.3, -0.25) is 9.36 Å². The zero-order chi connectivity index (χ0) is 26.7. The molecule has 12 heteroatoms. The number of nitrogens with one attached hydrogen (secondary N) is 1. The average Bonchev–Trinajstić information content (AvgIpc) is 3.61. The number of benzene rings is 2. The number of morpholine rings is 1. The van der Waals surface area contributed by atoms with Crippen LogP contribution < -0.4 is 5.32 Å². The minimum Gasteiger partial charge on any atom is -0.379 e. The molecule has 5 rings (SSSR count). The monoisotopic (exact) mass is 575 g/mol. The number of rotatable bonds is 8. The Morgan fingerprint density at radius 3 is 2.63 bits per heavy atom. The molecule has 202 valence electrons. The molecule has 38 heavy (non-hydrogen) atoms. The molecule has 0 bridgehead atoms. The molecule has 1 aliphatic heterocycles. The van der Waals surface area contributed by atoms with Gasteiger partial charge >= 0.3 is 0 Å². The fraction of sp³-hybridized carbons (Fsp3) is 0.423. The number of carbonyl (C=O) groups is 1. The summed E-state index contributed by atoms with van der Waals surface area (Å²) in [6, 6.07) is 12.5. The predicted molar refractivity (Wildman–Crippen MR) is 148 cm³/mol. The van der Waals surface area contributed by atoms with Crippen LogP contribution in [0.3, 0.4) is 0 Å². The van der Waals surface area contributed by atoms with E-state index in [4.69, 9.17) is 16.3 Å². The molecule has 0 radical (unpaired) electrons. The Kier molecular flexibility index (Phi) is 8.39. The number of anilines is 1. The van der Waals surface area contributed by atoms with Crippen LogP contribution in [0, 0.1) is 6.92 Å². The van der Waals surface area contributed by atoms with Gasteiger partial charge in [-0.15, -0.1) is 10.2 Å². The standard InChI is InChI=1S/C26H30ClN5O4S2/c1-18-22(27)10-5-11-23(18)28-24(33)17-37-26-30-29-25(32(26)20-7-2-3-8-20)19-6-4-9-21(16-19)38(34,35)31-12-14-36-15-13-31/h4-6,9-11,16,20H,2-3,7-8,12-15,17H2,1H3,(H,28,33). The van der Waals surface area contributed by atoms with Gasteiger partial charge in [-0.05, 0) is 49.6 Å². The van der Waals surface area contributed by atoms with E-state index in [1.54, 1.807) is 30.3 Å². The number of carbonyl (C=O) groups excluding carboxylic acids is 1. The number of amides is 1. The molecule has 0 unspecified atom stereocenters. The molecule has 9 nitrogen and oxygen atoms in total. The second-order valence-corrected chi connectivity index (χ2v) is 12.7. The zero-order valence-electron chi connectivity index (χ0n) is 21.1. The number of ether oxygens (including phenoxy) is 1. The molecule has 1 saturated heterocycles. The highest BCUT2D eigenvalue weighted by Gasteiger charge is 2.29. The van der Waals surface area contributed by atoms with Crippen molar-refractivity contribution in [3.63, 3.8) is 0 Å². The molecular formula is C26H30ClN5O4S2. The van der Waals surface area contributed by atoms with Crippen LogP contribution >= 0.6 is 23.4 Å². The summed E-state index contributed by atoms with van der Waals surface area (Å²) in [5, 5.41) is 13.1. The third-order valence-electron chi connectivity index (χ3n) is 6.93. The number of hydrogen-bond donors (Lipinski definition) is 1. The first-order valence-corrected chi connectivity index (χ1v) is 15.5. The average molecular weight is 576 g/mol. The van der Waals surface area contributed by atoms with Crippen molar-refractivity contribution in [1.29, 1.82) is 0 Å². The van der Waals surface area contributed by atoms with E-state index >= 15 is 0 Å². The van der Waals surface area contributed by atoms with Gasteiger partial charge in [0.25, 0.3) is 0 Å². The Labute approximate surface area is 232 Å². The molecule has 1 N–H and O–H groups in total. The van der Waals surface area contributed by atoms with E-state index in [1.165, 1.54) is 16.1 Å². The van der Waals surface area contributed by atoms with Crippen LogP contribution in [-0.2, 0) is 19.6 Å². The van der Waals surface area contributed by atoms with Gasteiger partial charge in [0.1, 0.15) is 0 Å². The smallest absolute Gasteiger partial charge is 0.243 e. The highest BCUT2D eigenvalue weighted by Crippen LogP contribution is 2.37. The number of hydrogen-bond acceptors (Lipinski definition) is 7. The lowest BCUT2D eigenvalue weighted by atomic mass is 10.2. The summed E-state index contributed by atoms with van der Waals surface area (Å²) in [6.07, 6.45) is 4.18. The van der Waals surface area contributed by atoms with E-state index in [1.807, 2.05) is 19.1 Å². The van der Waals surface area contributed by atoms with Crippen LogP contribution in [-0.4, -0.2) is 65.5 Å². The van der Waals surface area contributed by atoms with Crippen molar-refractivity contribution >= 4 is 45.0 Å². The second-order valence-electron chi connectivity index (χ2n) is 9.41. The number of nitrogens with zero attached hydrogens (tertiary/aromatic N) is 4. The Balaban J connectivity index is 1.39. The maximum atomic E-state index is 13.3. The topological polar surface area (TPSA) is 106 Å². The van der Waals surface area contributed by atoms with Gasteiger partial charge < -0.3 is 10.1 Å². The molecule has 3 aromatic rings. The minimum absolute atomic E-state index is 0.155. The zero-order valence-corrected chi connectivity index (χ0v) is 23.5. The summed E-state index contributed by atoms with van der Waals surface area (Å²) in [7, 11) is -3.65.